The van der Waals surface area contributed by atoms with Gasteiger partial charge in [0.05, 0.1) is 11.6 Å². The average Bonchev–Trinajstić information content (AvgIpc) is 2.03. The van der Waals surface area contributed by atoms with Gasteiger partial charge in [0.2, 0.25) is 0 Å². The average molecular weight is 168 g/mol. The number of alkyl halides is 2. The third kappa shape index (κ3) is 1.51. The Labute approximate surface area is 68.2 Å². The van der Waals surface area contributed by atoms with Crippen molar-refractivity contribution in [2.45, 2.75) is 6.43 Å². The van der Waals surface area contributed by atoms with Crippen molar-refractivity contribution in [3.63, 3.8) is 0 Å². The smallest absolute Gasteiger partial charge is 0.265 e. The maximum Gasteiger partial charge on any atom is 0.265 e. The zero-order valence-electron chi connectivity index (χ0n) is 6.09. The number of halogens is 2. The van der Waals surface area contributed by atoms with Crippen LogP contribution in [0, 0.1) is 11.3 Å². The molecule has 1 aromatic rings. The Kier molecular flexibility index (Phi) is 2.24. The molecule has 1 rings (SSSR count). The molecule has 1 aromatic carbocycles. The van der Waals surface area contributed by atoms with E-state index in [1.807, 2.05) is 6.07 Å². The van der Waals surface area contributed by atoms with Crippen LogP contribution in [0.5, 0.6) is 0 Å². The number of nitriles is 1. The van der Waals surface area contributed by atoms with E-state index < -0.39 is 6.43 Å². The van der Waals surface area contributed by atoms with Crippen molar-refractivity contribution < 1.29 is 8.78 Å². The van der Waals surface area contributed by atoms with Gasteiger partial charge in [-0.05, 0) is 18.2 Å². The van der Waals surface area contributed by atoms with Crippen LogP contribution in [0.15, 0.2) is 18.2 Å². The minimum absolute atomic E-state index is 0.0379. The molecule has 4 heteroatoms. The Balaban J connectivity index is 3.14. The highest BCUT2D eigenvalue weighted by Gasteiger charge is 2.10. The predicted molar refractivity (Wildman–Crippen MR) is 40.5 cm³/mol. The molecule has 0 bridgehead atoms. The summed E-state index contributed by atoms with van der Waals surface area (Å²) in [5.74, 6) is 0. The highest BCUT2D eigenvalue weighted by Crippen LogP contribution is 2.25. The van der Waals surface area contributed by atoms with Gasteiger partial charge < -0.3 is 5.73 Å². The van der Waals surface area contributed by atoms with E-state index in [1.165, 1.54) is 18.2 Å². The Morgan fingerprint density at radius 1 is 1.42 bits per heavy atom. The third-order valence-corrected chi connectivity index (χ3v) is 1.45. The van der Waals surface area contributed by atoms with Gasteiger partial charge in [-0.3, -0.25) is 0 Å². The monoisotopic (exact) mass is 168 g/mol. The van der Waals surface area contributed by atoms with E-state index in [9.17, 15) is 8.78 Å². The topological polar surface area (TPSA) is 49.8 Å². The fraction of sp³-hybridized carbons (Fsp3) is 0.125. The number of hydrogen-bond acceptors (Lipinski definition) is 2. The van der Waals surface area contributed by atoms with Crippen molar-refractivity contribution in [1.82, 2.24) is 0 Å². The largest absolute Gasteiger partial charge is 0.398 e. The molecule has 0 aromatic heterocycles. The van der Waals surface area contributed by atoms with E-state index in [0.717, 1.165) is 0 Å². The summed E-state index contributed by atoms with van der Waals surface area (Å²) in [6.07, 6.45) is -2.59. The van der Waals surface area contributed by atoms with Crippen molar-refractivity contribution in [3.8, 4) is 6.07 Å². The van der Waals surface area contributed by atoms with Crippen molar-refractivity contribution in [2.75, 3.05) is 5.73 Å². The summed E-state index contributed by atoms with van der Waals surface area (Å²) in [6.45, 7) is 0. The second kappa shape index (κ2) is 3.18. The highest BCUT2D eigenvalue weighted by molar-refractivity contribution is 5.52. The summed E-state index contributed by atoms with van der Waals surface area (Å²) in [6, 6.07) is 5.53. The maximum absolute atomic E-state index is 12.1. The second-order valence-corrected chi connectivity index (χ2v) is 2.26. The molecule has 0 saturated heterocycles. The van der Waals surface area contributed by atoms with Crippen molar-refractivity contribution in [2.24, 2.45) is 0 Å². The molecular formula is C8H6F2N2. The fourth-order valence-electron chi connectivity index (χ4n) is 0.843. The van der Waals surface area contributed by atoms with E-state index in [2.05, 4.69) is 0 Å². The van der Waals surface area contributed by atoms with Crippen LogP contribution in [0.2, 0.25) is 0 Å². The molecule has 0 heterocycles. The van der Waals surface area contributed by atoms with Crippen LogP contribution >= 0.6 is 0 Å². The molecule has 0 saturated carbocycles. The molecule has 0 atom stereocenters. The normalized spacial score (nSPS) is 9.83. The number of nitrogen functional groups attached to an aromatic ring is 1. The maximum atomic E-state index is 12.1. The summed E-state index contributed by atoms with van der Waals surface area (Å²) in [4.78, 5) is 0. The first-order chi connectivity index (χ1) is 5.65. The standard InChI is InChI=1S/C8H6F2N2/c9-8(10)6-2-1-5(4-11)3-7(6)12/h1-3,8H,12H2. The summed E-state index contributed by atoms with van der Waals surface area (Å²) in [7, 11) is 0. The van der Waals surface area contributed by atoms with Crippen molar-refractivity contribution in [1.29, 1.82) is 5.26 Å². The minimum atomic E-state index is -2.59. The molecular weight excluding hydrogens is 162 g/mol. The predicted octanol–water partition coefficient (Wildman–Crippen LogP) is 2.08. The number of benzene rings is 1. The Morgan fingerprint density at radius 3 is 2.50 bits per heavy atom. The SMILES string of the molecule is N#Cc1ccc(C(F)F)c(N)c1. The molecule has 2 N–H and O–H groups in total. The molecule has 0 amide bonds. The Bertz CT molecular complexity index is 328. The Morgan fingerprint density at radius 2 is 2.08 bits per heavy atom. The van der Waals surface area contributed by atoms with Gasteiger partial charge in [0.15, 0.2) is 0 Å². The van der Waals surface area contributed by atoms with Crippen LogP contribution in [-0.2, 0) is 0 Å². The number of anilines is 1. The minimum Gasteiger partial charge on any atom is -0.398 e. The van der Waals surface area contributed by atoms with E-state index in [0.29, 0.717) is 0 Å². The lowest BCUT2D eigenvalue weighted by Gasteiger charge is -2.03. The van der Waals surface area contributed by atoms with Gasteiger partial charge in [-0.15, -0.1) is 0 Å². The highest BCUT2D eigenvalue weighted by atomic mass is 19.3. The summed E-state index contributed by atoms with van der Waals surface area (Å²) < 4.78 is 24.2. The first-order valence-corrected chi connectivity index (χ1v) is 3.23. The van der Waals surface area contributed by atoms with E-state index in [-0.39, 0.29) is 16.8 Å². The van der Waals surface area contributed by atoms with Gasteiger partial charge >= 0.3 is 0 Å². The van der Waals surface area contributed by atoms with Crippen LogP contribution in [0.1, 0.15) is 17.6 Å². The number of hydrogen-bond donors (Lipinski definition) is 1. The molecule has 2 nitrogen and oxygen atoms in total. The van der Waals surface area contributed by atoms with Crippen LogP contribution in [0.4, 0.5) is 14.5 Å². The van der Waals surface area contributed by atoms with Gasteiger partial charge in [0.1, 0.15) is 0 Å². The lowest BCUT2D eigenvalue weighted by Crippen LogP contribution is -1.94. The lowest BCUT2D eigenvalue weighted by atomic mass is 10.1. The van der Waals surface area contributed by atoms with E-state index >= 15 is 0 Å². The Hall–Kier alpha value is -1.63. The number of rotatable bonds is 1. The quantitative estimate of drug-likeness (QED) is 0.652. The second-order valence-electron chi connectivity index (χ2n) is 2.26. The third-order valence-electron chi connectivity index (χ3n) is 1.45. The van der Waals surface area contributed by atoms with Crippen LogP contribution in [0.3, 0.4) is 0 Å². The van der Waals surface area contributed by atoms with Crippen molar-refractivity contribution in [3.05, 3.63) is 29.3 Å². The van der Waals surface area contributed by atoms with E-state index in [1.54, 1.807) is 0 Å². The van der Waals surface area contributed by atoms with Crippen LogP contribution in [-0.4, -0.2) is 0 Å². The van der Waals surface area contributed by atoms with Gasteiger partial charge in [0.25, 0.3) is 6.43 Å². The molecule has 12 heavy (non-hydrogen) atoms. The molecule has 0 radical (unpaired) electrons. The molecule has 0 spiro atoms. The van der Waals surface area contributed by atoms with Gasteiger partial charge in [0, 0.05) is 11.3 Å². The zero-order chi connectivity index (χ0) is 9.14. The molecule has 0 aliphatic rings. The van der Waals surface area contributed by atoms with Gasteiger partial charge in [-0.1, -0.05) is 0 Å². The first kappa shape index (κ1) is 8.47. The van der Waals surface area contributed by atoms with Crippen molar-refractivity contribution >= 4 is 5.69 Å². The van der Waals surface area contributed by atoms with Crippen LogP contribution < -0.4 is 5.73 Å². The number of nitrogens with zero attached hydrogens (tertiary/aromatic N) is 1. The lowest BCUT2D eigenvalue weighted by molar-refractivity contribution is 0.152. The summed E-state index contributed by atoms with van der Waals surface area (Å²) in [5.41, 5.74) is 5.29. The molecule has 0 aliphatic carbocycles. The number of nitrogens with two attached hydrogens (primary N) is 1. The summed E-state index contributed by atoms with van der Waals surface area (Å²) >= 11 is 0. The first-order valence-electron chi connectivity index (χ1n) is 3.23. The van der Waals surface area contributed by atoms with Gasteiger partial charge in [-0.2, -0.15) is 5.26 Å². The molecule has 0 unspecified atom stereocenters. The molecule has 62 valence electrons. The van der Waals surface area contributed by atoms with Crippen LogP contribution in [0.25, 0.3) is 0 Å². The molecule has 0 fully saturated rings. The van der Waals surface area contributed by atoms with E-state index in [4.69, 9.17) is 11.0 Å². The summed E-state index contributed by atoms with van der Waals surface area (Å²) in [5, 5.41) is 8.40. The zero-order valence-corrected chi connectivity index (χ0v) is 6.09. The van der Waals surface area contributed by atoms with Gasteiger partial charge in [-0.25, -0.2) is 8.78 Å². The molecule has 0 aliphatic heterocycles. The fourth-order valence-corrected chi connectivity index (χ4v) is 0.843.